The predicted molar refractivity (Wildman–Crippen MR) is 113 cm³/mol. The summed E-state index contributed by atoms with van der Waals surface area (Å²) in [5.74, 6) is -0.820. The average Bonchev–Trinajstić information content (AvgIpc) is 2.93. The fourth-order valence-corrected chi connectivity index (χ4v) is 3.80. The number of carbonyl (C=O) groups excluding carboxylic acids is 1. The molecule has 2 N–H and O–H groups in total. The Bertz CT molecular complexity index is 1030. The number of aryl methyl sites for hydroxylation is 1. The summed E-state index contributed by atoms with van der Waals surface area (Å²) in [6, 6.07) is 12.0. The number of benzene rings is 2. The van der Waals surface area contributed by atoms with Gasteiger partial charge in [-0.1, -0.05) is 41.1 Å². The summed E-state index contributed by atoms with van der Waals surface area (Å²) in [6.45, 7) is 3.75. The van der Waals surface area contributed by atoms with Crippen molar-refractivity contribution in [3.05, 3.63) is 74.9 Å². The normalized spacial score (nSPS) is 16.8. The van der Waals surface area contributed by atoms with Crippen molar-refractivity contribution in [3.63, 3.8) is 0 Å². The molecule has 0 atom stereocenters. The Hall–Kier alpha value is -2.70. The molecular formula is C21H18ClNO4S. The van der Waals surface area contributed by atoms with E-state index < -0.39 is 5.97 Å². The zero-order valence-corrected chi connectivity index (χ0v) is 16.8. The molecule has 0 unspecified atom stereocenters. The number of phenolic OH excluding ortho intramolecular Hbond substituents is 1. The minimum absolute atomic E-state index is 0.00906. The molecule has 0 fully saturated rings. The van der Waals surface area contributed by atoms with Gasteiger partial charge in [-0.25, -0.2) is 9.79 Å². The van der Waals surface area contributed by atoms with Gasteiger partial charge in [-0.3, -0.25) is 0 Å². The molecule has 144 valence electrons. The Morgan fingerprint density at radius 2 is 2.04 bits per heavy atom. The second-order valence-corrected chi connectivity index (χ2v) is 7.48. The lowest BCUT2D eigenvalue weighted by Crippen LogP contribution is -2.12. The van der Waals surface area contributed by atoms with E-state index in [0.717, 1.165) is 17.3 Å². The summed E-state index contributed by atoms with van der Waals surface area (Å²) in [6.07, 6.45) is 1.61. The van der Waals surface area contributed by atoms with Gasteiger partial charge >= 0.3 is 5.97 Å². The maximum Gasteiger partial charge on any atom is 0.344 e. The molecule has 0 radical (unpaired) electrons. The van der Waals surface area contributed by atoms with Crippen LogP contribution < -0.4 is 0 Å². The average molecular weight is 416 g/mol. The zero-order valence-electron chi connectivity index (χ0n) is 15.3. The number of esters is 1. The second-order valence-electron chi connectivity index (χ2n) is 6.01. The molecule has 1 heterocycles. The van der Waals surface area contributed by atoms with Crippen molar-refractivity contribution in [3.8, 4) is 5.75 Å². The van der Waals surface area contributed by atoms with Gasteiger partial charge < -0.3 is 14.9 Å². The number of phenols is 1. The third kappa shape index (κ3) is 4.40. The van der Waals surface area contributed by atoms with Crippen molar-refractivity contribution in [2.45, 2.75) is 13.8 Å². The number of aliphatic hydroxyl groups is 1. The number of hydrogen-bond acceptors (Lipinski definition) is 6. The highest BCUT2D eigenvalue weighted by atomic mass is 35.5. The summed E-state index contributed by atoms with van der Waals surface area (Å²) in [7, 11) is 0. The van der Waals surface area contributed by atoms with Crippen molar-refractivity contribution >= 4 is 46.1 Å². The van der Waals surface area contributed by atoms with E-state index in [1.54, 1.807) is 55.5 Å². The minimum atomic E-state index is -0.662. The largest absolute Gasteiger partial charge is 0.507 e. The molecule has 0 aromatic heterocycles. The van der Waals surface area contributed by atoms with E-state index in [0.29, 0.717) is 26.2 Å². The number of thioether (sulfide) groups is 1. The molecule has 1 aliphatic heterocycles. The Morgan fingerprint density at radius 3 is 2.75 bits per heavy atom. The number of aliphatic imine (C=N–C) groups is 1. The lowest BCUT2D eigenvalue weighted by Gasteiger charge is -2.04. The van der Waals surface area contributed by atoms with Crippen LogP contribution in [0.3, 0.4) is 0 Å². The van der Waals surface area contributed by atoms with E-state index >= 15 is 0 Å². The van der Waals surface area contributed by atoms with Crippen molar-refractivity contribution in [1.29, 1.82) is 0 Å². The van der Waals surface area contributed by atoms with E-state index in [9.17, 15) is 15.0 Å². The number of aromatic hydroxyl groups is 1. The number of ether oxygens (including phenoxy) is 1. The zero-order chi connectivity index (χ0) is 20.3. The minimum Gasteiger partial charge on any atom is -0.507 e. The molecule has 28 heavy (non-hydrogen) atoms. The number of rotatable bonds is 4. The van der Waals surface area contributed by atoms with Crippen molar-refractivity contribution in [2.24, 2.45) is 4.99 Å². The number of nitrogens with zero attached hydrogens (tertiary/aromatic N) is 1. The van der Waals surface area contributed by atoms with Gasteiger partial charge in [0.15, 0.2) is 0 Å². The maximum absolute atomic E-state index is 12.4. The molecule has 7 heteroatoms. The van der Waals surface area contributed by atoms with Crippen LogP contribution in [0.25, 0.3) is 6.08 Å². The van der Waals surface area contributed by atoms with E-state index in [4.69, 9.17) is 16.3 Å². The van der Waals surface area contributed by atoms with Crippen LogP contribution in [0.4, 0.5) is 5.69 Å². The summed E-state index contributed by atoms with van der Waals surface area (Å²) >= 11 is 7.13. The fraction of sp³-hybridized carbons (Fsp3) is 0.143. The highest BCUT2D eigenvalue weighted by Gasteiger charge is 2.33. The summed E-state index contributed by atoms with van der Waals surface area (Å²) in [5.41, 5.74) is 2.02. The first-order chi connectivity index (χ1) is 13.4. The molecule has 2 aromatic carbocycles. The van der Waals surface area contributed by atoms with Crippen LogP contribution >= 0.6 is 23.4 Å². The predicted octanol–water partition coefficient (Wildman–Crippen LogP) is 5.55. The summed E-state index contributed by atoms with van der Waals surface area (Å²) in [5, 5.41) is 21.6. The SMILES string of the molecule is CCOC(=O)C1=C(O)/C(=C\c2cc(C)ccc2O)SC1=Nc1cccc(Cl)c1. The van der Waals surface area contributed by atoms with E-state index in [2.05, 4.69) is 4.99 Å². The first-order valence-corrected chi connectivity index (χ1v) is 9.73. The van der Waals surface area contributed by atoms with E-state index in [-0.39, 0.29) is 23.7 Å². The van der Waals surface area contributed by atoms with Crippen LogP contribution in [0.15, 0.2) is 63.7 Å². The molecule has 5 nitrogen and oxygen atoms in total. The Balaban J connectivity index is 2.08. The van der Waals surface area contributed by atoms with Gasteiger partial charge in [-0.2, -0.15) is 0 Å². The van der Waals surface area contributed by atoms with Gasteiger partial charge in [-0.05, 0) is 50.3 Å². The first kappa shape index (κ1) is 20.0. The van der Waals surface area contributed by atoms with Crippen LogP contribution in [0.2, 0.25) is 5.02 Å². The molecule has 0 aliphatic carbocycles. The summed E-state index contributed by atoms with van der Waals surface area (Å²) in [4.78, 5) is 17.3. The molecule has 0 bridgehead atoms. The van der Waals surface area contributed by atoms with E-state index in [1.165, 1.54) is 0 Å². The maximum atomic E-state index is 12.4. The van der Waals surface area contributed by atoms with Gasteiger partial charge in [0.1, 0.15) is 22.1 Å². The second kappa shape index (κ2) is 8.54. The van der Waals surface area contributed by atoms with Crippen LogP contribution in [-0.2, 0) is 9.53 Å². The third-order valence-corrected chi connectivity index (χ3v) is 5.13. The van der Waals surface area contributed by atoms with Gasteiger partial charge in [-0.15, -0.1) is 0 Å². The first-order valence-electron chi connectivity index (χ1n) is 8.53. The lowest BCUT2D eigenvalue weighted by molar-refractivity contribution is -0.138. The topological polar surface area (TPSA) is 79.1 Å². The quantitative estimate of drug-likeness (QED) is 0.640. The molecule has 2 aromatic rings. The molecule has 0 spiro atoms. The molecular weight excluding hydrogens is 398 g/mol. The monoisotopic (exact) mass is 415 g/mol. The number of carbonyl (C=O) groups is 1. The lowest BCUT2D eigenvalue weighted by atomic mass is 10.1. The highest BCUT2D eigenvalue weighted by Crippen LogP contribution is 2.41. The fourth-order valence-electron chi connectivity index (χ4n) is 2.59. The highest BCUT2D eigenvalue weighted by molar-refractivity contribution is 8.18. The van der Waals surface area contributed by atoms with Gasteiger partial charge in [0.25, 0.3) is 0 Å². The standard InChI is InChI=1S/C21H18ClNO4S/c1-3-27-21(26)18-19(25)17(10-13-9-12(2)7-8-16(13)24)28-20(18)23-15-6-4-5-14(22)11-15/h4-11,24-25H,3H2,1-2H3/b17-10+,23-20?. The Morgan fingerprint density at radius 1 is 1.25 bits per heavy atom. The van der Waals surface area contributed by atoms with Crippen LogP contribution in [0, 0.1) is 6.92 Å². The summed E-state index contributed by atoms with van der Waals surface area (Å²) < 4.78 is 5.08. The molecule has 0 amide bonds. The number of aliphatic hydroxyl groups excluding tert-OH is 1. The van der Waals surface area contributed by atoms with Gasteiger partial charge in [0.2, 0.25) is 0 Å². The van der Waals surface area contributed by atoms with Gasteiger partial charge in [0.05, 0.1) is 17.2 Å². The third-order valence-electron chi connectivity index (χ3n) is 3.88. The van der Waals surface area contributed by atoms with Crippen LogP contribution in [0.1, 0.15) is 18.1 Å². The Labute approximate surface area is 172 Å². The smallest absolute Gasteiger partial charge is 0.344 e. The molecule has 1 aliphatic rings. The van der Waals surface area contributed by atoms with Crippen LogP contribution in [0.5, 0.6) is 5.75 Å². The molecule has 0 saturated carbocycles. The number of hydrogen-bond donors (Lipinski definition) is 2. The van der Waals surface area contributed by atoms with Crippen molar-refractivity contribution < 1.29 is 19.7 Å². The molecule has 3 rings (SSSR count). The van der Waals surface area contributed by atoms with Crippen LogP contribution in [-0.4, -0.2) is 27.8 Å². The van der Waals surface area contributed by atoms with Crippen molar-refractivity contribution in [1.82, 2.24) is 0 Å². The van der Waals surface area contributed by atoms with E-state index in [1.807, 2.05) is 6.92 Å². The number of halogens is 1. The van der Waals surface area contributed by atoms with Crippen molar-refractivity contribution in [2.75, 3.05) is 6.61 Å². The Kier molecular flexibility index (Phi) is 6.11. The van der Waals surface area contributed by atoms with Gasteiger partial charge in [0, 0.05) is 10.6 Å². The molecule has 0 saturated heterocycles.